The summed E-state index contributed by atoms with van der Waals surface area (Å²) in [6.45, 7) is 3.87. The Kier molecular flexibility index (Phi) is 6.99. The molecule has 0 spiro atoms. The Labute approximate surface area is 181 Å². The number of phenolic OH excluding ortho intramolecular Hbond substituents is 1. The molecule has 0 atom stereocenters. The first-order valence-corrected chi connectivity index (χ1v) is 9.68. The van der Waals surface area contributed by atoms with Crippen LogP contribution in [0.1, 0.15) is 35.3 Å². The van der Waals surface area contributed by atoms with Crippen molar-refractivity contribution in [2.75, 3.05) is 27.8 Å². The number of carbonyl (C=O) groups is 1. The summed E-state index contributed by atoms with van der Waals surface area (Å²) in [5.41, 5.74) is 1.41. The van der Waals surface area contributed by atoms with Crippen molar-refractivity contribution in [1.29, 1.82) is 0 Å². The van der Waals surface area contributed by atoms with Crippen molar-refractivity contribution in [3.05, 3.63) is 59.2 Å². The molecule has 0 saturated carbocycles. The summed E-state index contributed by atoms with van der Waals surface area (Å²) in [5.74, 6) is 0.545. The fourth-order valence-electron chi connectivity index (χ4n) is 3.03. The molecule has 3 rings (SSSR count). The van der Waals surface area contributed by atoms with Gasteiger partial charge in [-0.05, 0) is 43.7 Å². The molecule has 164 valence electrons. The first kappa shape index (κ1) is 22.4. The van der Waals surface area contributed by atoms with Gasteiger partial charge in [-0.3, -0.25) is 4.79 Å². The number of benzene rings is 2. The van der Waals surface area contributed by atoms with Gasteiger partial charge in [-0.25, -0.2) is 0 Å². The first-order chi connectivity index (χ1) is 14.8. The van der Waals surface area contributed by atoms with Crippen LogP contribution in [0.25, 0.3) is 12.2 Å². The Morgan fingerprint density at radius 1 is 1.10 bits per heavy atom. The average molecular weight is 426 g/mol. The fourth-order valence-corrected chi connectivity index (χ4v) is 3.03. The molecular formula is C24H26O7. The zero-order valence-corrected chi connectivity index (χ0v) is 18.0. The summed E-state index contributed by atoms with van der Waals surface area (Å²) in [5, 5.41) is 10.4. The second-order valence-corrected chi connectivity index (χ2v) is 7.45. The lowest BCUT2D eigenvalue weighted by Crippen LogP contribution is -2.27. The minimum atomic E-state index is -0.424. The van der Waals surface area contributed by atoms with E-state index >= 15 is 0 Å². The van der Waals surface area contributed by atoms with Crippen LogP contribution in [0.2, 0.25) is 0 Å². The topological polar surface area (TPSA) is 83.5 Å². The normalized spacial score (nSPS) is 14.2. The Bertz CT molecular complexity index is 1010. The summed E-state index contributed by atoms with van der Waals surface area (Å²) in [7, 11) is 2.94. The van der Waals surface area contributed by atoms with Crippen LogP contribution in [-0.2, 0) is 9.47 Å². The van der Waals surface area contributed by atoms with Gasteiger partial charge in [0.1, 0.15) is 34.2 Å². The zero-order chi connectivity index (χ0) is 22.4. The molecule has 0 radical (unpaired) electrons. The van der Waals surface area contributed by atoms with Gasteiger partial charge in [-0.15, -0.1) is 0 Å². The minimum absolute atomic E-state index is 0.00990. The molecule has 0 amide bonds. The molecule has 31 heavy (non-hydrogen) atoms. The minimum Gasteiger partial charge on any atom is -0.507 e. The molecule has 1 N–H and O–H groups in total. The smallest absolute Gasteiger partial charge is 0.193 e. The van der Waals surface area contributed by atoms with Crippen LogP contribution >= 0.6 is 0 Å². The van der Waals surface area contributed by atoms with E-state index in [9.17, 15) is 9.90 Å². The lowest BCUT2D eigenvalue weighted by atomic mass is 10.00. The number of ketones is 1. The molecule has 2 aromatic carbocycles. The molecule has 0 fully saturated rings. The molecule has 0 unspecified atom stereocenters. The van der Waals surface area contributed by atoms with E-state index in [4.69, 9.17) is 23.7 Å². The second kappa shape index (κ2) is 9.68. The van der Waals surface area contributed by atoms with Gasteiger partial charge in [0, 0.05) is 31.9 Å². The summed E-state index contributed by atoms with van der Waals surface area (Å²) in [6.07, 6.45) is 7.03. The van der Waals surface area contributed by atoms with Crippen LogP contribution in [0.5, 0.6) is 23.0 Å². The lowest BCUT2D eigenvalue weighted by molar-refractivity contribution is 0.0453. The molecule has 7 nitrogen and oxygen atoms in total. The van der Waals surface area contributed by atoms with Gasteiger partial charge in [0.05, 0.1) is 0 Å². The van der Waals surface area contributed by atoms with Crippen molar-refractivity contribution in [3.63, 3.8) is 0 Å². The van der Waals surface area contributed by atoms with Crippen LogP contribution in [0.3, 0.4) is 0 Å². The van der Waals surface area contributed by atoms with Gasteiger partial charge in [-0.2, -0.15) is 0 Å². The number of hydrogen-bond acceptors (Lipinski definition) is 7. The number of fused-ring (bicyclic) bond motifs is 1. The van der Waals surface area contributed by atoms with E-state index in [2.05, 4.69) is 0 Å². The van der Waals surface area contributed by atoms with Crippen LogP contribution in [0, 0.1) is 0 Å². The molecule has 1 aliphatic rings. The van der Waals surface area contributed by atoms with Crippen LogP contribution in [0.4, 0.5) is 0 Å². The molecule has 0 aliphatic carbocycles. The maximum atomic E-state index is 12.9. The van der Waals surface area contributed by atoms with Crippen molar-refractivity contribution in [2.45, 2.75) is 19.4 Å². The van der Waals surface area contributed by atoms with E-state index < -0.39 is 5.78 Å². The molecule has 0 bridgehead atoms. The number of rotatable bonds is 9. The molecule has 7 heteroatoms. The third kappa shape index (κ3) is 5.65. The number of hydrogen-bond donors (Lipinski definition) is 1. The van der Waals surface area contributed by atoms with Crippen molar-refractivity contribution in [3.8, 4) is 23.0 Å². The molecule has 1 heterocycles. The Morgan fingerprint density at radius 2 is 1.84 bits per heavy atom. The van der Waals surface area contributed by atoms with Crippen LogP contribution < -0.4 is 14.2 Å². The third-order valence-corrected chi connectivity index (χ3v) is 4.48. The van der Waals surface area contributed by atoms with Gasteiger partial charge in [0.25, 0.3) is 0 Å². The third-order valence-electron chi connectivity index (χ3n) is 4.48. The van der Waals surface area contributed by atoms with Gasteiger partial charge in [0.15, 0.2) is 19.4 Å². The first-order valence-electron chi connectivity index (χ1n) is 9.68. The van der Waals surface area contributed by atoms with E-state index in [0.717, 1.165) is 16.9 Å². The molecule has 2 aromatic rings. The quantitative estimate of drug-likeness (QED) is 0.361. The number of methoxy groups -OCH3 is 2. The van der Waals surface area contributed by atoms with Crippen molar-refractivity contribution < 1.29 is 33.6 Å². The number of allylic oxidation sites excluding steroid dienone is 1. The van der Waals surface area contributed by atoms with Crippen molar-refractivity contribution >= 4 is 17.9 Å². The Hall–Kier alpha value is -3.29. The predicted octanol–water partition coefficient (Wildman–Crippen LogP) is 4.44. The lowest BCUT2D eigenvalue weighted by Gasteiger charge is -2.27. The highest BCUT2D eigenvalue weighted by Crippen LogP contribution is 2.35. The van der Waals surface area contributed by atoms with E-state index in [1.54, 1.807) is 6.08 Å². The van der Waals surface area contributed by atoms with Gasteiger partial charge in [0.2, 0.25) is 0 Å². The molecule has 1 aliphatic heterocycles. The van der Waals surface area contributed by atoms with E-state index in [-0.39, 0.29) is 36.2 Å². The van der Waals surface area contributed by atoms with Crippen molar-refractivity contribution in [1.82, 2.24) is 0 Å². The van der Waals surface area contributed by atoms with E-state index in [0.29, 0.717) is 5.75 Å². The fraction of sp³-hybridized carbons (Fsp3) is 0.292. The van der Waals surface area contributed by atoms with Gasteiger partial charge < -0.3 is 28.8 Å². The highest BCUT2D eigenvalue weighted by molar-refractivity contribution is 6.10. The highest BCUT2D eigenvalue weighted by Gasteiger charge is 2.22. The maximum absolute atomic E-state index is 12.9. The van der Waals surface area contributed by atoms with E-state index in [1.165, 1.54) is 32.4 Å². The SMILES string of the molecule is COCOc1cc(O)c(C(=O)/C=C/c2ccc3c(c2)C=CC(C)(C)O3)c(OCOC)c1. The Balaban J connectivity index is 1.84. The summed E-state index contributed by atoms with van der Waals surface area (Å²) in [6, 6.07) is 8.50. The summed E-state index contributed by atoms with van der Waals surface area (Å²) in [4.78, 5) is 12.9. The monoisotopic (exact) mass is 426 g/mol. The predicted molar refractivity (Wildman–Crippen MR) is 117 cm³/mol. The summed E-state index contributed by atoms with van der Waals surface area (Å²) < 4.78 is 26.5. The maximum Gasteiger partial charge on any atom is 0.193 e. The van der Waals surface area contributed by atoms with Gasteiger partial charge in [-0.1, -0.05) is 18.2 Å². The standard InChI is InChI=1S/C24H26O7/c1-24(2)10-9-17-11-16(6-8-21(17)31-24)5-7-19(25)23-20(26)12-18(29-14-27-3)13-22(23)30-15-28-4/h5-13,26H,14-15H2,1-4H3/b7-5+. The van der Waals surface area contributed by atoms with Crippen molar-refractivity contribution in [2.24, 2.45) is 0 Å². The zero-order valence-electron chi connectivity index (χ0n) is 18.0. The highest BCUT2D eigenvalue weighted by atomic mass is 16.7. The largest absolute Gasteiger partial charge is 0.507 e. The molecule has 0 aromatic heterocycles. The average Bonchev–Trinajstić information content (AvgIpc) is 2.73. The number of phenols is 1. The second-order valence-electron chi connectivity index (χ2n) is 7.45. The van der Waals surface area contributed by atoms with Crippen LogP contribution in [0.15, 0.2) is 42.5 Å². The Morgan fingerprint density at radius 3 is 2.58 bits per heavy atom. The number of aromatic hydroxyl groups is 1. The van der Waals surface area contributed by atoms with Crippen LogP contribution in [-0.4, -0.2) is 44.3 Å². The van der Waals surface area contributed by atoms with Gasteiger partial charge >= 0.3 is 0 Å². The van der Waals surface area contributed by atoms with E-state index in [1.807, 2.05) is 44.2 Å². The molecular weight excluding hydrogens is 400 g/mol. The number of ether oxygens (including phenoxy) is 5. The molecule has 0 saturated heterocycles. The summed E-state index contributed by atoms with van der Waals surface area (Å²) >= 11 is 0. The number of carbonyl (C=O) groups excluding carboxylic acids is 1.